The molecule has 19 heavy (non-hydrogen) atoms. The molecule has 1 aromatic carbocycles. The van der Waals surface area contributed by atoms with Gasteiger partial charge in [-0.05, 0) is 49.8 Å². The average molecular weight is 260 g/mol. The predicted octanol–water partition coefficient (Wildman–Crippen LogP) is 3.16. The van der Waals surface area contributed by atoms with Crippen LogP contribution >= 0.6 is 0 Å². The van der Waals surface area contributed by atoms with E-state index in [1.54, 1.807) is 0 Å². The standard InChI is InChI=1S/C16H24N2O/c1-12(14-6-8-15(17)9-7-14)11-16(19)18-10-4-3-5-13(18)2/h6-9,12-13H,3-5,10-11,17H2,1-2H3. The number of nitrogens with zero attached hydrogens (tertiary/aromatic N) is 1. The maximum Gasteiger partial charge on any atom is 0.223 e. The number of anilines is 1. The summed E-state index contributed by atoms with van der Waals surface area (Å²) in [5, 5.41) is 0. The van der Waals surface area contributed by atoms with Gasteiger partial charge in [0.2, 0.25) is 5.91 Å². The van der Waals surface area contributed by atoms with Crippen LogP contribution < -0.4 is 5.73 Å². The van der Waals surface area contributed by atoms with Crippen molar-refractivity contribution in [2.75, 3.05) is 12.3 Å². The van der Waals surface area contributed by atoms with E-state index in [9.17, 15) is 4.79 Å². The van der Waals surface area contributed by atoms with Crippen molar-refractivity contribution in [2.24, 2.45) is 0 Å². The van der Waals surface area contributed by atoms with E-state index in [4.69, 9.17) is 5.73 Å². The summed E-state index contributed by atoms with van der Waals surface area (Å²) in [6, 6.07) is 8.25. The summed E-state index contributed by atoms with van der Waals surface area (Å²) in [5.41, 5.74) is 7.65. The molecule has 1 heterocycles. The molecule has 3 heteroatoms. The molecule has 1 amide bonds. The summed E-state index contributed by atoms with van der Waals surface area (Å²) < 4.78 is 0. The first-order chi connectivity index (χ1) is 9.08. The number of hydrogen-bond donors (Lipinski definition) is 1. The molecular weight excluding hydrogens is 236 g/mol. The van der Waals surface area contributed by atoms with Crippen molar-refractivity contribution >= 4 is 11.6 Å². The summed E-state index contributed by atoms with van der Waals surface area (Å²) in [5.74, 6) is 0.541. The molecule has 104 valence electrons. The molecule has 2 atom stereocenters. The summed E-state index contributed by atoms with van der Waals surface area (Å²) in [6.45, 7) is 5.19. The lowest BCUT2D eigenvalue weighted by Crippen LogP contribution is -2.42. The summed E-state index contributed by atoms with van der Waals surface area (Å²) >= 11 is 0. The van der Waals surface area contributed by atoms with Crippen LogP contribution in [0.15, 0.2) is 24.3 Å². The third-order valence-electron chi connectivity index (χ3n) is 4.11. The van der Waals surface area contributed by atoms with Crippen molar-refractivity contribution in [3.63, 3.8) is 0 Å². The monoisotopic (exact) mass is 260 g/mol. The second-order valence-corrected chi connectivity index (χ2v) is 5.70. The molecule has 2 N–H and O–H groups in total. The Morgan fingerprint density at radius 3 is 2.68 bits per heavy atom. The second-order valence-electron chi connectivity index (χ2n) is 5.70. The molecule has 3 nitrogen and oxygen atoms in total. The molecule has 0 aliphatic carbocycles. The number of amides is 1. The topological polar surface area (TPSA) is 46.3 Å². The Morgan fingerprint density at radius 2 is 2.05 bits per heavy atom. The third-order valence-corrected chi connectivity index (χ3v) is 4.11. The van der Waals surface area contributed by atoms with Gasteiger partial charge in [0.05, 0.1) is 0 Å². The van der Waals surface area contributed by atoms with Crippen molar-refractivity contribution in [2.45, 2.75) is 51.5 Å². The Bertz CT molecular complexity index is 427. The van der Waals surface area contributed by atoms with E-state index in [2.05, 4.69) is 18.7 Å². The Balaban J connectivity index is 1.96. The number of nitrogen functional groups attached to an aromatic ring is 1. The van der Waals surface area contributed by atoms with Gasteiger partial charge in [-0.2, -0.15) is 0 Å². The maximum atomic E-state index is 12.4. The van der Waals surface area contributed by atoms with Crippen LogP contribution in [0.5, 0.6) is 0 Å². The van der Waals surface area contributed by atoms with Gasteiger partial charge in [0.1, 0.15) is 0 Å². The number of hydrogen-bond acceptors (Lipinski definition) is 2. The molecule has 1 aromatic rings. The Kier molecular flexibility index (Phi) is 4.46. The Labute approximate surface area is 115 Å². The molecule has 1 saturated heterocycles. The summed E-state index contributed by atoms with van der Waals surface area (Å²) in [4.78, 5) is 14.4. The zero-order valence-electron chi connectivity index (χ0n) is 11.9. The lowest BCUT2D eigenvalue weighted by atomic mass is 9.95. The van der Waals surface area contributed by atoms with E-state index in [0.29, 0.717) is 12.5 Å². The Hall–Kier alpha value is -1.51. The number of likely N-dealkylation sites (tertiary alicyclic amines) is 1. The van der Waals surface area contributed by atoms with E-state index in [1.165, 1.54) is 12.0 Å². The molecule has 2 unspecified atom stereocenters. The van der Waals surface area contributed by atoms with Crippen LogP contribution in [0.4, 0.5) is 5.69 Å². The Morgan fingerprint density at radius 1 is 1.37 bits per heavy atom. The summed E-state index contributed by atoms with van der Waals surface area (Å²) in [7, 11) is 0. The highest BCUT2D eigenvalue weighted by Crippen LogP contribution is 2.24. The number of piperidine rings is 1. The van der Waals surface area contributed by atoms with Gasteiger partial charge < -0.3 is 10.6 Å². The zero-order chi connectivity index (χ0) is 13.8. The number of benzene rings is 1. The zero-order valence-corrected chi connectivity index (χ0v) is 11.9. The molecule has 1 aliphatic heterocycles. The molecule has 0 bridgehead atoms. The fourth-order valence-electron chi connectivity index (χ4n) is 2.79. The van der Waals surface area contributed by atoms with Crippen LogP contribution in [0, 0.1) is 0 Å². The lowest BCUT2D eigenvalue weighted by molar-refractivity contribution is -0.134. The van der Waals surface area contributed by atoms with Gasteiger partial charge in [-0.1, -0.05) is 19.1 Å². The van der Waals surface area contributed by atoms with Gasteiger partial charge in [-0.15, -0.1) is 0 Å². The molecule has 0 saturated carbocycles. The fraction of sp³-hybridized carbons (Fsp3) is 0.562. The SMILES string of the molecule is CC(CC(=O)N1CCCCC1C)c1ccc(N)cc1. The van der Waals surface area contributed by atoms with Crippen LogP contribution in [0.25, 0.3) is 0 Å². The van der Waals surface area contributed by atoms with Crippen molar-refractivity contribution in [3.05, 3.63) is 29.8 Å². The van der Waals surface area contributed by atoms with Crippen LogP contribution in [0.3, 0.4) is 0 Å². The number of carbonyl (C=O) groups is 1. The normalized spacial score (nSPS) is 21.2. The number of nitrogens with two attached hydrogens (primary N) is 1. The van der Waals surface area contributed by atoms with Crippen molar-refractivity contribution in [1.29, 1.82) is 0 Å². The molecule has 1 aliphatic rings. The van der Waals surface area contributed by atoms with Crippen molar-refractivity contribution < 1.29 is 4.79 Å². The van der Waals surface area contributed by atoms with Crippen LogP contribution in [0.2, 0.25) is 0 Å². The minimum atomic E-state index is 0.252. The van der Waals surface area contributed by atoms with Gasteiger partial charge >= 0.3 is 0 Å². The van der Waals surface area contributed by atoms with Crippen molar-refractivity contribution in [1.82, 2.24) is 4.90 Å². The molecule has 0 spiro atoms. The van der Waals surface area contributed by atoms with E-state index >= 15 is 0 Å². The first-order valence-corrected chi connectivity index (χ1v) is 7.23. The van der Waals surface area contributed by atoms with Crippen LogP contribution in [0.1, 0.15) is 51.0 Å². The maximum absolute atomic E-state index is 12.4. The molecule has 0 aromatic heterocycles. The molecule has 2 rings (SSSR count). The highest BCUT2D eigenvalue weighted by molar-refractivity contribution is 5.77. The van der Waals surface area contributed by atoms with Gasteiger partial charge in [0.25, 0.3) is 0 Å². The van der Waals surface area contributed by atoms with Crippen molar-refractivity contribution in [3.8, 4) is 0 Å². The third kappa shape index (κ3) is 3.49. The van der Waals surface area contributed by atoms with Gasteiger partial charge in [-0.25, -0.2) is 0 Å². The quantitative estimate of drug-likeness (QED) is 0.848. The van der Waals surface area contributed by atoms with E-state index in [-0.39, 0.29) is 11.8 Å². The fourth-order valence-corrected chi connectivity index (χ4v) is 2.79. The smallest absolute Gasteiger partial charge is 0.223 e. The second kappa shape index (κ2) is 6.09. The molecule has 1 fully saturated rings. The van der Waals surface area contributed by atoms with Crippen LogP contribution in [-0.2, 0) is 4.79 Å². The highest BCUT2D eigenvalue weighted by Gasteiger charge is 2.24. The first kappa shape index (κ1) is 13.9. The first-order valence-electron chi connectivity index (χ1n) is 7.23. The van der Waals surface area contributed by atoms with E-state index in [0.717, 1.165) is 25.1 Å². The van der Waals surface area contributed by atoms with Gasteiger partial charge in [-0.3, -0.25) is 4.79 Å². The average Bonchev–Trinajstić information content (AvgIpc) is 2.39. The van der Waals surface area contributed by atoms with Gasteiger partial charge in [0.15, 0.2) is 0 Å². The van der Waals surface area contributed by atoms with Gasteiger partial charge in [0, 0.05) is 24.7 Å². The van der Waals surface area contributed by atoms with E-state index < -0.39 is 0 Å². The molecular formula is C16H24N2O. The minimum Gasteiger partial charge on any atom is -0.399 e. The van der Waals surface area contributed by atoms with E-state index in [1.807, 2.05) is 24.3 Å². The highest BCUT2D eigenvalue weighted by atomic mass is 16.2. The van der Waals surface area contributed by atoms with Crippen LogP contribution in [-0.4, -0.2) is 23.4 Å². The molecule has 0 radical (unpaired) electrons. The number of carbonyl (C=O) groups excluding carboxylic acids is 1. The largest absolute Gasteiger partial charge is 0.399 e. The lowest BCUT2D eigenvalue weighted by Gasteiger charge is -2.34. The predicted molar refractivity (Wildman–Crippen MR) is 78.9 cm³/mol. The summed E-state index contributed by atoms with van der Waals surface area (Å²) in [6.07, 6.45) is 4.13. The number of rotatable bonds is 3. The minimum absolute atomic E-state index is 0.252.